The standard InChI is InChI=1S/C19H30N4O2.ClH/c1-23-13-14(10-21-23)16-11-20-12-17(16)18(24)22-15-2-4-19(5-3-15)6-8-25-9-7-19;/h10,13,15-17,20H,2-9,11-12H2,1H3,(H,22,24);1H/t16-,17+;/m1./s1. The predicted molar refractivity (Wildman–Crippen MR) is 102 cm³/mol. The van der Waals surface area contributed by atoms with Crippen LogP contribution in [0.4, 0.5) is 0 Å². The van der Waals surface area contributed by atoms with Crippen LogP contribution in [0, 0.1) is 11.3 Å². The summed E-state index contributed by atoms with van der Waals surface area (Å²) in [5.41, 5.74) is 1.66. The van der Waals surface area contributed by atoms with Crippen molar-refractivity contribution in [1.29, 1.82) is 0 Å². The third-order valence-electron chi connectivity index (χ3n) is 6.65. The molecule has 1 aromatic heterocycles. The molecule has 0 unspecified atom stereocenters. The van der Waals surface area contributed by atoms with Gasteiger partial charge in [-0.05, 0) is 49.5 Å². The molecule has 6 nitrogen and oxygen atoms in total. The number of aryl methyl sites for hydroxylation is 1. The number of amides is 1. The largest absolute Gasteiger partial charge is 0.381 e. The summed E-state index contributed by atoms with van der Waals surface area (Å²) in [5, 5.41) is 11.0. The number of ether oxygens (including phenoxy) is 1. The molecule has 3 fully saturated rings. The van der Waals surface area contributed by atoms with Crippen molar-refractivity contribution in [2.75, 3.05) is 26.3 Å². The van der Waals surface area contributed by atoms with Gasteiger partial charge in [0, 0.05) is 51.5 Å². The van der Waals surface area contributed by atoms with Crippen molar-refractivity contribution in [3.05, 3.63) is 18.0 Å². The van der Waals surface area contributed by atoms with Crippen LogP contribution in [-0.2, 0) is 16.6 Å². The van der Waals surface area contributed by atoms with Gasteiger partial charge in [0.05, 0.1) is 12.1 Å². The topological polar surface area (TPSA) is 68.2 Å². The number of nitrogens with one attached hydrogen (secondary N) is 2. The summed E-state index contributed by atoms with van der Waals surface area (Å²) < 4.78 is 7.34. The van der Waals surface area contributed by atoms with E-state index in [1.54, 1.807) is 0 Å². The number of nitrogens with zero attached hydrogens (tertiary/aromatic N) is 2. The SMILES string of the molecule is Cl.Cn1cc([C@H]2CNC[C@@H]2C(=O)NC2CCC3(CCOCC3)CC2)cn1. The van der Waals surface area contributed by atoms with Gasteiger partial charge in [-0.15, -0.1) is 12.4 Å². The summed E-state index contributed by atoms with van der Waals surface area (Å²) >= 11 is 0. The zero-order valence-corrected chi connectivity index (χ0v) is 16.4. The van der Waals surface area contributed by atoms with Gasteiger partial charge >= 0.3 is 0 Å². The molecule has 1 aliphatic carbocycles. The van der Waals surface area contributed by atoms with Gasteiger partial charge < -0.3 is 15.4 Å². The monoisotopic (exact) mass is 382 g/mol. The number of carbonyl (C=O) groups excluding carboxylic acids is 1. The molecule has 1 aromatic rings. The van der Waals surface area contributed by atoms with Crippen LogP contribution in [0.5, 0.6) is 0 Å². The molecule has 4 rings (SSSR count). The van der Waals surface area contributed by atoms with Crippen molar-refractivity contribution in [3.63, 3.8) is 0 Å². The normalized spacial score (nSPS) is 28.7. The molecule has 0 aromatic carbocycles. The van der Waals surface area contributed by atoms with Gasteiger partial charge in [0.25, 0.3) is 0 Å². The summed E-state index contributed by atoms with van der Waals surface area (Å²) in [6.45, 7) is 3.45. The van der Waals surface area contributed by atoms with Crippen molar-refractivity contribution >= 4 is 18.3 Å². The van der Waals surface area contributed by atoms with Gasteiger partial charge in [0.2, 0.25) is 5.91 Å². The van der Waals surface area contributed by atoms with Gasteiger partial charge in [-0.1, -0.05) is 0 Å². The molecule has 3 aliphatic rings. The maximum atomic E-state index is 12.9. The first-order valence-corrected chi connectivity index (χ1v) is 9.73. The summed E-state index contributed by atoms with van der Waals surface area (Å²) in [6, 6.07) is 0.344. The molecule has 1 amide bonds. The van der Waals surface area contributed by atoms with Crippen molar-refractivity contribution in [3.8, 4) is 0 Å². The second-order valence-corrected chi connectivity index (χ2v) is 8.21. The van der Waals surface area contributed by atoms with Crippen LogP contribution in [0.3, 0.4) is 0 Å². The quantitative estimate of drug-likeness (QED) is 0.839. The Labute approximate surface area is 161 Å². The Morgan fingerprint density at radius 3 is 2.65 bits per heavy atom. The molecule has 0 radical (unpaired) electrons. The zero-order chi connectivity index (χ0) is 17.3. The number of carbonyl (C=O) groups is 1. The van der Waals surface area contributed by atoms with Gasteiger partial charge in [-0.3, -0.25) is 9.48 Å². The van der Waals surface area contributed by atoms with E-state index in [4.69, 9.17) is 4.74 Å². The van der Waals surface area contributed by atoms with E-state index in [2.05, 4.69) is 15.7 Å². The lowest BCUT2D eigenvalue weighted by Gasteiger charge is -2.43. The fraction of sp³-hybridized carbons (Fsp3) is 0.789. The van der Waals surface area contributed by atoms with E-state index >= 15 is 0 Å². The molecule has 2 N–H and O–H groups in total. The van der Waals surface area contributed by atoms with Crippen molar-refractivity contribution in [2.45, 2.75) is 50.5 Å². The van der Waals surface area contributed by atoms with Crippen LogP contribution in [0.15, 0.2) is 12.4 Å². The van der Waals surface area contributed by atoms with E-state index in [0.717, 1.165) is 44.7 Å². The lowest BCUT2D eigenvalue weighted by Crippen LogP contribution is -2.45. The Hall–Kier alpha value is -1.11. The summed E-state index contributed by atoms with van der Waals surface area (Å²) in [5.74, 6) is 0.467. The van der Waals surface area contributed by atoms with Crippen LogP contribution < -0.4 is 10.6 Å². The zero-order valence-electron chi connectivity index (χ0n) is 15.6. The molecule has 1 saturated carbocycles. The van der Waals surface area contributed by atoms with E-state index in [1.807, 2.05) is 24.1 Å². The average Bonchev–Trinajstić information content (AvgIpc) is 3.26. The molecular weight excluding hydrogens is 352 g/mol. The molecule has 146 valence electrons. The van der Waals surface area contributed by atoms with Crippen LogP contribution in [-0.4, -0.2) is 48.0 Å². The second-order valence-electron chi connectivity index (χ2n) is 8.21. The van der Waals surface area contributed by atoms with Crippen molar-refractivity contribution in [2.24, 2.45) is 18.4 Å². The lowest BCUT2D eigenvalue weighted by molar-refractivity contribution is -0.126. The molecule has 3 heterocycles. The Balaban J connectivity index is 0.00000196. The van der Waals surface area contributed by atoms with E-state index in [1.165, 1.54) is 25.7 Å². The highest BCUT2D eigenvalue weighted by Gasteiger charge is 2.39. The molecule has 2 saturated heterocycles. The molecular formula is C19H31ClN4O2. The Bertz CT molecular complexity index is 604. The minimum absolute atomic E-state index is 0. The summed E-state index contributed by atoms with van der Waals surface area (Å²) in [4.78, 5) is 12.9. The minimum Gasteiger partial charge on any atom is -0.381 e. The summed E-state index contributed by atoms with van der Waals surface area (Å²) in [7, 11) is 1.93. The molecule has 0 bridgehead atoms. The molecule has 7 heteroatoms. The maximum absolute atomic E-state index is 12.9. The smallest absolute Gasteiger partial charge is 0.225 e. The molecule has 1 spiro atoms. The van der Waals surface area contributed by atoms with Crippen molar-refractivity contribution < 1.29 is 9.53 Å². The van der Waals surface area contributed by atoms with Gasteiger partial charge in [0.15, 0.2) is 0 Å². The lowest BCUT2D eigenvalue weighted by atomic mass is 9.68. The predicted octanol–water partition coefficient (Wildman–Crippen LogP) is 2.00. The van der Waals surface area contributed by atoms with Crippen LogP contribution >= 0.6 is 12.4 Å². The minimum atomic E-state index is 0. The highest BCUT2D eigenvalue weighted by atomic mass is 35.5. The maximum Gasteiger partial charge on any atom is 0.225 e. The summed E-state index contributed by atoms with van der Waals surface area (Å²) in [6.07, 6.45) is 11.0. The van der Waals surface area contributed by atoms with Crippen molar-refractivity contribution in [1.82, 2.24) is 20.4 Å². The highest BCUT2D eigenvalue weighted by molar-refractivity contribution is 5.85. The number of aromatic nitrogens is 2. The van der Waals surface area contributed by atoms with Gasteiger partial charge in [-0.2, -0.15) is 5.10 Å². The fourth-order valence-corrected chi connectivity index (χ4v) is 4.92. The van der Waals surface area contributed by atoms with Crippen LogP contribution in [0.1, 0.15) is 50.0 Å². The number of hydrogen-bond donors (Lipinski definition) is 2. The Morgan fingerprint density at radius 2 is 2.00 bits per heavy atom. The Morgan fingerprint density at radius 1 is 1.27 bits per heavy atom. The van der Waals surface area contributed by atoms with Gasteiger partial charge in [-0.25, -0.2) is 0 Å². The first-order valence-electron chi connectivity index (χ1n) is 9.73. The Kier molecular flexibility index (Phi) is 6.25. The van der Waals surface area contributed by atoms with Gasteiger partial charge in [0.1, 0.15) is 0 Å². The molecule has 26 heavy (non-hydrogen) atoms. The average molecular weight is 383 g/mol. The third-order valence-corrected chi connectivity index (χ3v) is 6.65. The first-order chi connectivity index (χ1) is 12.2. The van der Waals surface area contributed by atoms with E-state index in [9.17, 15) is 4.79 Å². The fourth-order valence-electron chi connectivity index (χ4n) is 4.92. The molecule has 2 aliphatic heterocycles. The number of rotatable bonds is 3. The number of hydrogen-bond acceptors (Lipinski definition) is 4. The van der Waals surface area contributed by atoms with Crippen LogP contribution in [0.2, 0.25) is 0 Å². The third kappa shape index (κ3) is 4.07. The van der Waals surface area contributed by atoms with Crippen LogP contribution in [0.25, 0.3) is 0 Å². The van der Waals surface area contributed by atoms with E-state index < -0.39 is 0 Å². The number of halogens is 1. The first kappa shape index (κ1) is 19.6. The van der Waals surface area contributed by atoms with E-state index in [0.29, 0.717) is 11.5 Å². The molecule has 2 atom stereocenters. The second kappa shape index (κ2) is 8.28. The highest BCUT2D eigenvalue weighted by Crippen LogP contribution is 2.44. The van der Waals surface area contributed by atoms with E-state index in [-0.39, 0.29) is 30.2 Å².